The summed E-state index contributed by atoms with van der Waals surface area (Å²) in [5.74, 6) is -1.70. The van der Waals surface area contributed by atoms with Crippen LogP contribution in [0.2, 0.25) is 5.02 Å². The van der Waals surface area contributed by atoms with Crippen molar-refractivity contribution in [3.63, 3.8) is 0 Å². The molecule has 2 aromatic carbocycles. The number of carbonyl (C=O) groups is 2. The Bertz CT molecular complexity index is 875. The van der Waals surface area contributed by atoms with E-state index >= 15 is 0 Å². The van der Waals surface area contributed by atoms with Gasteiger partial charge in [0, 0.05) is 22.7 Å². The van der Waals surface area contributed by atoms with E-state index in [1.165, 1.54) is 48.5 Å². The van der Waals surface area contributed by atoms with E-state index in [1.54, 1.807) is 6.92 Å². The maximum atomic E-state index is 12.3. The van der Waals surface area contributed by atoms with E-state index in [9.17, 15) is 19.7 Å². The van der Waals surface area contributed by atoms with Gasteiger partial charge in [-0.3, -0.25) is 14.9 Å². The lowest BCUT2D eigenvalue weighted by molar-refractivity contribution is -0.384. The van der Waals surface area contributed by atoms with Gasteiger partial charge in [-0.15, -0.1) is 0 Å². The van der Waals surface area contributed by atoms with E-state index in [0.29, 0.717) is 11.1 Å². The highest BCUT2D eigenvalue weighted by atomic mass is 35.5. The molecule has 0 saturated heterocycles. The number of benzene rings is 2. The van der Waals surface area contributed by atoms with E-state index in [2.05, 4.69) is 5.32 Å². The molecule has 0 aliphatic heterocycles. The number of carboxylic acids is 1. The molecule has 128 valence electrons. The van der Waals surface area contributed by atoms with Gasteiger partial charge in [0.15, 0.2) is 0 Å². The predicted molar refractivity (Wildman–Crippen MR) is 93.8 cm³/mol. The SMILES string of the molecule is C/C(=C\c1ccc([N+](=O)[O-])cc1)C(=O)Nc1cc(Cl)ccc1C(=O)O. The molecule has 0 radical (unpaired) electrons. The maximum Gasteiger partial charge on any atom is 0.337 e. The van der Waals surface area contributed by atoms with Crippen molar-refractivity contribution >= 4 is 40.9 Å². The number of non-ortho nitro benzene ring substituents is 1. The highest BCUT2D eigenvalue weighted by Crippen LogP contribution is 2.22. The van der Waals surface area contributed by atoms with Crippen molar-refractivity contribution < 1.29 is 19.6 Å². The fourth-order valence-electron chi connectivity index (χ4n) is 2.04. The lowest BCUT2D eigenvalue weighted by Crippen LogP contribution is -2.15. The molecule has 0 heterocycles. The van der Waals surface area contributed by atoms with Crippen LogP contribution in [-0.4, -0.2) is 21.9 Å². The molecular formula is C17H13ClN2O5. The molecule has 25 heavy (non-hydrogen) atoms. The number of nitro groups is 1. The summed E-state index contributed by atoms with van der Waals surface area (Å²) in [5.41, 5.74) is 0.847. The van der Waals surface area contributed by atoms with Crippen LogP contribution in [0.25, 0.3) is 6.08 Å². The first-order valence-corrected chi connectivity index (χ1v) is 7.42. The quantitative estimate of drug-likeness (QED) is 0.476. The number of rotatable bonds is 5. The predicted octanol–water partition coefficient (Wildman–Crippen LogP) is 3.99. The highest BCUT2D eigenvalue weighted by Gasteiger charge is 2.14. The average molecular weight is 361 g/mol. The molecule has 0 aromatic heterocycles. The third-order valence-corrected chi connectivity index (χ3v) is 3.54. The van der Waals surface area contributed by atoms with Crippen LogP contribution >= 0.6 is 11.6 Å². The average Bonchev–Trinajstić information content (AvgIpc) is 2.55. The number of nitrogens with one attached hydrogen (secondary N) is 1. The summed E-state index contributed by atoms with van der Waals surface area (Å²) in [4.78, 5) is 33.6. The number of anilines is 1. The van der Waals surface area contributed by atoms with Crippen molar-refractivity contribution in [1.82, 2.24) is 0 Å². The lowest BCUT2D eigenvalue weighted by Gasteiger charge is -2.09. The summed E-state index contributed by atoms with van der Waals surface area (Å²) in [5, 5.41) is 22.6. The van der Waals surface area contributed by atoms with Gasteiger partial charge in [0.25, 0.3) is 11.6 Å². The number of amides is 1. The Kier molecular flexibility index (Phi) is 5.51. The Morgan fingerprint density at radius 1 is 1.20 bits per heavy atom. The number of hydrogen-bond acceptors (Lipinski definition) is 4. The van der Waals surface area contributed by atoms with Gasteiger partial charge in [-0.05, 0) is 48.9 Å². The first-order valence-electron chi connectivity index (χ1n) is 7.05. The summed E-state index contributed by atoms with van der Waals surface area (Å²) >= 11 is 5.84. The summed E-state index contributed by atoms with van der Waals surface area (Å²) in [6.45, 7) is 1.54. The van der Waals surface area contributed by atoms with Crippen molar-refractivity contribution in [3.05, 3.63) is 74.3 Å². The number of hydrogen-bond donors (Lipinski definition) is 2. The van der Waals surface area contributed by atoms with Gasteiger partial charge >= 0.3 is 5.97 Å². The maximum absolute atomic E-state index is 12.3. The summed E-state index contributed by atoms with van der Waals surface area (Å²) in [7, 11) is 0. The Hall–Kier alpha value is -3.19. The minimum absolute atomic E-state index is 0.0516. The molecule has 2 aromatic rings. The van der Waals surface area contributed by atoms with Gasteiger partial charge in [-0.2, -0.15) is 0 Å². The molecule has 0 atom stereocenters. The second-order valence-electron chi connectivity index (χ2n) is 5.13. The first kappa shape index (κ1) is 18.2. The Morgan fingerprint density at radius 2 is 1.84 bits per heavy atom. The van der Waals surface area contributed by atoms with Crippen LogP contribution in [-0.2, 0) is 4.79 Å². The van der Waals surface area contributed by atoms with E-state index in [-0.39, 0.29) is 22.0 Å². The van der Waals surface area contributed by atoms with Gasteiger partial charge in [0.05, 0.1) is 16.2 Å². The number of carbonyl (C=O) groups excluding carboxylic acids is 1. The molecule has 2 N–H and O–H groups in total. The molecule has 0 saturated carbocycles. The van der Waals surface area contributed by atoms with Crippen LogP contribution in [0.15, 0.2) is 48.0 Å². The molecule has 0 aliphatic carbocycles. The molecule has 0 bridgehead atoms. The van der Waals surface area contributed by atoms with Gasteiger partial charge in [0.2, 0.25) is 0 Å². The first-order chi connectivity index (χ1) is 11.8. The van der Waals surface area contributed by atoms with Crippen LogP contribution in [0.1, 0.15) is 22.8 Å². The summed E-state index contributed by atoms with van der Waals surface area (Å²) < 4.78 is 0. The molecule has 0 spiro atoms. The second-order valence-corrected chi connectivity index (χ2v) is 5.56. The van der Waals surface area contributed by atoms with E-state index in [0.717, 1.165) is 0 Å². The Labute approximate surface area is 147 Å². The number of nitro benzene ring substituents is 1. The standard InChI is InChI=1S/C17H13ClN2O5/c1-10(8-11-2-5-13(6-3-11)20(24)25)16(21)19-15-9-12(18)4-7-14(15)17(22)23/h2-9H,1H3,(H,19,21)(H,22,23)/b10-8+. The zero-order valence-corrected chi connectivity index (χ0v) is 13.8. The minimum atomic E-state index is -1.19. The Morgan fingerprint density at radius 3 is 2.40 bits per heavy atom. The minimum Gasteiger partial charge on any atom is -0.478 e. The fourth-order valence-corrected chi connectivity index (χ4v) is 2.21. The summed E-state index contributed by atoms with van der Waals surface area (Å²) in [6, 6.07) is 9.75. The molecule has 7 nitrogen and oxygen atoms in total. The van der Waals surface area contributed by atoms with Crippen LogP contribution in [0.5, 0.6) is 0 Å². The van der Waals surface area contributed by atoms with Crippen molar-refractivity contribution in [2.24, 2.45) is 0 Å². The third-order valence-electron chi connectivity index (χ3n) is 3.31. The highest BCUT2D eigenvalue weighted by molar-refractivity contribution is 6.31. The van der Waals surface area contributed by atoms with E-state index < -0.39 is 16.8 Å². The number of aromatic carboxylic acids is 1. The zero-order chi connectivity index (χ0) is 18.6. The molecule has 2 rings (SSSR count). The van der Waals surface area contributed by atoms with Crippen LogP contribution in [0, 0.1) is 10.1 Å². The van der Waals surface area contributed by atoms with Crippen molar-refractivity contribution in [1.29, 1.82) is 0 Å². The number of carboxylic acid groups (broad SMARTS) is 1. The van der Waals surface area contributed by atoms with Gasteiger partial charge < -0.3 is 10.4 Å². The number of halogens is 1. The van der Waals surface area contributed by atoms with Crippen molar-refractivity contribution in [2.45, 2.75) is 6.92 Å². The largest absolute Gasteiger partial charge is 0.478 e. The summed E-state index contributed by atoms with van der Waals surface area (Å²) in [6.07, 6.45) is 1.53. The van der Waals surface area contributed by atoms with E-state index in [4.69, 9.17) is 16.7 Å². The third kappa shape index (κ3) is 4.65. The second kappa shape index (κ2) is 7.59. The Balaban J connectivity index is 2.21. The van der Waals surface area contributed by atoms with Crippen LogP contribution in [0.4, 0.5) is 11.4 Å². The molecule has 0 aliphatic rings. The van der Waals surface area contributed by atoms with Crippen LogP contribution < -0.4 is 5.32 Å². The molecule has 0 fully saturated rings. The van der Waals surface area contributed by atoms with Crippen molar-refractivity contribution in [2.75, 3.05) is 5.32 Å². The topological polar surface area (TPSA) is 110 Å². The zero-order valence-electron chi connectivity index (χ0n) is 13.0. The molecule has 8 heteroatoms. The van der Waals surface area contributed by atoms with Gasteiger partial charge in [0.1, 0.15) is 0 Å². The molecule has 0 unspecified atom stereocenters. The fraction of sp³-hybridized carbons (Fsp3) is 0.0588. The molecule has 1 amide bonds. The smallest absolute Gasteiger partial charge is 0.337 e. The molecular weight excluding hydrogens is 348 g/mol. The monoisotopic (exact) mass is 360 g/mol. The van der Waals surface area contributed by atoms with Gasteiger partial charge in [-0.25, -0.2) is 4.79 Å². The normalized spacial score (nSPS) is 11.0. The number of nitrogens with zero attached hydrogens (tertiary/aromatic N) is 1. The van der Waals surface area contributed by atoms with E-state index in [1.807, 2.05) is 0 Å². The van der Waals surface area contributed by atoms with Crippen molar-refractivity contribution in [3.8, 4) is 0 Å². The van der Waals surface area contributed by atoms with Gasteiger partial charge in [-0.1, -0.05) is 11.6 Å². The van der Waals surface area contributed by atoms with Crippen LogP contribution in [0.3, 0.4) is 0 Å². The lowest BCUT2D eigenvalue weighted by atomic mass is 10.1.